The molecular formula is C23H23FN4O5. The van der Waals surface area contributed by atoms with E-state index in [1.54, 1.807) is 32.2 Å². The quantitative estimate of drug-likeness (QED) is 0.599. The third-order valence-corrected chi connectivity index (χ3v) is 5.68. The number of halogens is 1. The largest absolute Gasteiger partial charge is 0.485 e. The van der Waals surface area contributed by atoms with E-state index in [1.807, 2.05) is 4.90 Å². The summed E-state index contributed by atoms with van der Waals surface area (Å²) in [5.74, 6) is -0.507. The van der Waals surface area contributed by atoms with Gasteiger partial charge in [0.15, 0.2) is 11.4 Å². The lowest BCUT2D eigenvalue weighted by Crippen LogP contribution is -2.25. The minimum atomic E-state index is -1.09. The topological polar surface area (TPSA) is 98.4 Å². The van der Waals surface area contributed by atoms with Crippen LogP contribution in [-0.2, 0) is 9.47 Å². The molecule has 1 saturated heterocycles. The highest BCUT2D eigenvalue weighted by Crippen LogP contribution is 2.40. The lowest BCUT2D eigenvalue weighted by Gasteiger charge is -2.27. The highest BCUT2D eigenvalue weighted by atomic mass is 19.1. The van der Waals surface area contributed by atoms with Crippen molar-refractivity contribution >= 4 is 17.4 Å². The molecule has 2 aliphatic rings. The standard InChI is InChI=1S/C23H23FN4O5/c1-23(2)32-13-15(33-23)12-31-19-6-5-14(24)10-16(19)18-4-3-8-27(18)20-7-9-28-21(26-20)17(11-25-28)22(29)30/h5-7,9-11,13,18H,3-4,8,12H2,1-2H3,(H,29,30)/t18-/m1/s1. The molecule has 1 fully saturated rings. The third-order valence-electron chi connectivity index (χ3n) is 5.68. The Morgan fingerprint density at radius 3 is 2.97 bits per heavy atom. The Bertz CT molecular complexity index is 1250. The Hall–Kier alpha value is -3.82. The van der Waals surface area contributed by atoms with Crippen LogP contribution in [-0.4, -0.2) is 44.6 Å². The fraction of sp³-hybridized carbons (Fsp3) is 0.348. The fourth-order valence-electron chi connectivity index (χ4n) is 4.23. The monoisotopic (exact) mass is 454 g/mol. The van der Waals surface area contributed by atoms with Crippen LogP contribution in [0.5, 0.6) is 5.75 Å². The molecule has 0 radical (unpaired) electrons. The molecule has 0 bridgehead atoms. The molecule has 1 atom stereocenters. The Morgan fingerprint density at radius 2 is 2.21 bits per heavy atom. The SMILES string of the molecule is CC1(C)OC=C(COc2ccc(F)cc2[C@H]2CCCN2c2ccn3ncc(C(=O)O)c3n2)O1. The summed E-state index contributed by atoms with van der Waals surface area (Å²) in [6, 6.07) is 6.04. The summed E-state index contributed by atoms with van der Waals surface area (Å²) in [6.45, 7) is 4.44. The maximum absolute atomic E-state index is 14.3. The van der Waals surface area contributed by atoms with Gasteiger partial charge in [0.25, 0.3) is 0 Å². The summed E-state index contributed by atoms with van der Waals surface area (Å²) in [6.07, 6.45) is 6.12. The van der Waals surface area contributed by atoms with Crippen molar-refractivity contribution in [3.05, 3.63) is 65.6 Å². The van der Waals surface area contributed by atoms with Crippen molar-refractivity contribution < 1.29 is 28.5 Å². The summed E-state index contributed by atoms with van der Waals surface area (Å²) >= 11 is 0. The van der Waals surface area contributed by atoms with Crippen LogP contribution in [0.2, 0.25) is 0 Å². The van der Waals surface area contributed by atoms with Gasteiger partial charge in [-0.3, -0.25) is 0 Å². The number of ether oxygens (including phenoxy) is 3. The van der Waals surface area contributed by atoms with Crippen LogP contribution in [0.3, 0.4) is 0 Å². The molecule has 33 heavy (non-hydrogen) atoms. The summed E-state index contributed by atoms with van der Waals surface area (Å²) in [5.41, 5.74) is 0.978. The van der Waals surface area contributed by atoms with Crippen LogP contribution in [0.25, 0.3) is 5.65 Å². The Morgan fingerprint density at radius 1 is 1.36 bits per heavy atom. The number of carbonyl (C=O) groups is 1. The minimum Gasteiger partial charge on any atom is -0.485 e. The number of carboxylic acid groups (broad SMARTS) is 1. The van der Waals surface area contributed by atoms with Gasteiger partial charge in [0.2, 0.25) is 5.79 Å². The van der Waals surface area contributed by atoms with Gasteiger partial charge in [-0.15, -0.1) is 0 Å². The van der Waals surface area contributed by atoms with Gasteiger partial charge in [-0.1, -0.05) is 0 Å². The molecule has 0 unspecified atom stereocenters. The number of anilines is 1. The first-order valence-corrected chi connectivity index (χ1v) is 10.6. The molecule has 5 rings (SSSR count). The number of fused-ring (bicyclic) bond motifs is 1. The van der Waals surface area contributed by atoms with Crippen molar-refractivity contribution in [3.8, 4) is 5.75 Å². The zero-order valence-electron chi connectivity index (χ0n) is 18.2. The molecule has 1 aromatic carbocycles. The predicted octanol–water partition coefficient (Wildman–Crippen LogP) is 3.91. The second-order valence-corrected chi connectivity index (χ2v) is 8.44. The highest BCUT2D eigenvalue weighted by molar-refractivity contribution is 5.94. The van der Waals surface area contributed by atoms with E-state index in [-0.39, 0.29) is 29.7 Å². The molecule has 0 amide bonds. The zero-order valence-corrected chi connectivity index (χ0v) is 18.2. The lowest BCUT2D eigenvalue weighted by molar-refractivity contribution is -0.119. The van der Waals surface area contributed by atoms with Crippen LogP contribution in [0, 0.1) is 5.82 Å². The van der Waals surface area contributed by atoms with Gasteiger partial charge in [0.05, 0.1) is 12.2 Å². The van der Waals surface area contributed by atoms with E-state index >= 15 is 0 Å². The van der Waals surface area contributed by atoms with E-state index in [0.29, 0.717) is 29.4 Å². The molecule has 0 spiro atoms. The summed E-state index contributed by atoms with van der Waals surface area (Å²) < 4.78 is 32.8. The van der Waals surface area contributed by atoms with Gasteiger partial charge in [-0.2, -0.15) is 5.10 Å². The smallest absolute Gasteiger partial charge is 0.341 e. The van der Waals surface area contributed by atoms with Crippen molar-refractivity contribution in [2.24, 2.45) is 0 Å². The molecule has 1 N–H and O–H groups in total. The second-order valence-electron chi connectivity index (χ2n) is 8.44. The lowest BCUT2D eigenvalue weighted by atomic mass is 10.0. The molecular weight excluding hydrogens is 431 g/mol. The van der Waals surface area contributed by atoms with Crippen molar-refractivity contribution in [3.63, 3.8) is 0 Å². The molecule has 3 aromatic rings. The Balaban J connectivity index is 1.44. The number of rotatable bonds is 6. The first-order chi connectivity index (χ1) is 15.8. The molecule has 9 nitrogen and oxygen atoms in total. The van der Waals surface area contributed by atoms with E-state index < -0.39 is 11.8 Å². The number of carboxylic acids is 1. The molecule has 10 heteroatoms. The average molecular weight is 454 g/mol. The van der Waals surface area contributed by atoms with Gasteiger partial charge in [-0.05, 0) is 37.1 Å². The van der Waals surface area contributed by atoms with E-state index in [0.717, 1.165) is 12.8 Å². The van der Waals surface area contributed by atoms with Crippen molar-refractivity contribution in [1.82, 2.24) is 14.6 Å². The van der Waals surface area contributed by atoms with Crippen molar-refractivity contribution in [1.29, 1.82) is 0 Å². The van der Waals surface area contributed by atoms with E-state index in [1.165, 1.54) is 29.1 Å². The van der Waals surface area contributed by atoms with Gasteiger partial charge < -0.3 is 24.2 Å². The van der Waals surface area contributed by atoms with Gasteiger partial charge in [0, 0.05) is 32.2 Å². The third kappa shape index (κ3) is 4.04. The van der Waals surface area contributed by atoms with Crippen LogP contribution in [0.15, 0.2) is 48.7 Å². The summed E-state index contributed by atoms with van der Waals surface area (Å²) in [4.78, 5) is 18.1. The Labute approximate surface area is 189 Å². The number of aromatic nitrogens is 3. The van der Waals surface area contributed by atoms with Gasteiger partial charge in [0.1, 0.15) is 35.8 Å². The first kappa shape index (κ1) is 21.0. The molecule has 0 aliphatic carbocycles. The highest BCUT2D eigenvalue weighted by Gasteiger charge is 2.32. The number of nitrogens with zero attached hydrogens (tertiary/aromatic N) is 4. The van der Waals surface area contributed by atoms with E-state index in [9.17, 15) is 14.3 Å². The van der Waals surface area contributed by atoms with Crippen molar-refractivity contribution in [2.45, 2.75) is 38.5 Å². The summed E-state index contributed by atoms with van der Waals surface area (Å²) in [5, 5.41) is 13.5. The molecule has 0 saturated carbocycles. The number of hydrogen-bond donors (Lipinski definition) is 1. The van der Waals surface area contributed by atoms with E-state index in [2.05, 4.69) is 10.1 Å². The number of hydrogen-bond acceptors (Lipinski definition) is 7. The van der Waals surface area contributed by atoms with Crippen LogP contribution in [0.4, 0.5) is 10.2 Å². The average Bonchev–Trinajstić information content (AvgIpc) is 3.50. The number of benzene rings is 1. The molecule has 2 aromatic heterocycles. The van der Waals surface area contributed by atoms with Crippen molar-refractivity contribution in [2.75, 3.05) is 18.1 Å². The van der Waals surface area contributed by atoms with E-state index in [4.69, 9.17) is 14.2 Å². The molecule has 172 valence electrons. The molecule has 2 aliphatic heterocycles. The zero-order chi connectivity index (χ0) is 23.2. The van der Waals surface area contributed by atoms with Gasteiger partial charge in [-0.25, -0.2) is 18.7 Å². The number of aromatic carboxylic acids is 1. The van der Waals surface area contributed by atoms with Gasteiger partial charge >= 0.3 is 5.97 Å². The van der Waals surface area contributed by atoms with Crippen LogP contribution >= 0.6 is 0 Å². The molecule has 4 heterocycles. The maximum Gasteiger partial charge on any atom is 0.341 e. The Kier molecular flexibility index (Phi) is 5.07. The van der Waals surface area contributed by atoms with Crippen LogP contribution < -0.4 is 9.64 Å². The normalized spacial score (nSPS) is 19.3. The predicted molar refractivity (Wildman–Crippen MR) is 115 cm³/mol. The minimum absolute atomic E-state index is 0.0253. The second kappa shape index (κ2) is 7.95. The fourth-order valence-corrected chi connectivity index (χ4v) is 4.23. The maximum atomic E-state index is 14.3. The van der Waals surface area contributed by atoms with Crippen LogP contribution in [0.1, 0.15) is 48.7 Å². The summed E-state index contributed by atoms with van der Waals surface area (Å²) in [7, 11) is 0. The first-order valence-electron chi connectivity index (χ1n) is 10.6.